The zero-order chi connectivity index (χ0) is 21.6. The molecule has 0 atom stereocenters. The molecular weight excluding hydrogens is 583 g/mol. The Bertz CT molecular complexity index is 1420. The number of fused-ring (bicyclic) bond motifs is 3. The number of benzene rings is 4. The number of aromatic nitrogens is 3. The van der Waals surface area contributed by atoms with Gasteiger partial charge in [-0.15, -0.1) is 71.8 Å². The van der Waals surface area contributed by atoms with Crippen molar-refractivity contribution in [2.24, 2.45) is 0 Å². The predicted octanol–water partition coefficient (Wildman–Crippen LogP) is 6.80. The SMILES string of the molecule is [Ir].[c-]1ccccc1-c1ccccn1.[c-]1ccccc1-c1ncc2ccc3ccccc3c2n1. The van der Waals surface area contributed by atoms with Crippen LogP contribution in [0.25, 0.3) is 44.3 Å². The van der Waals surface area contributed by atoms with Gasteiger partial charge in [0.15, 0.2) is 0 Å². The number of pyridine rings is 1. The molecule has 0 N–H and O–H groups in total. The molecule has 0 spiro atoms. The van der Waals surface area contributed by atoms with Crippen LogP contribution >= 0.6 is 0 Å². The maximum absolute atomic E-state index is 4.73. The van der Waals surface area contributed by atoms with Crippen LogP contribution in [0.5, 0.6) is 0 Å². The molecule has 0 unspecified atom stereocenters. The molecule has 0 aliphatic rings. The normalized spacial score (nSPS) is 10.2. The molecule has 4 heteroatoms. The maximum Gasteiger partial charge on any atom is 0.0756 e. The molecule has 0 saturated heterocycles. The van der Waals surface area contributed by atoms with Crippen LogP contribution in [0.4, 0.5) is 0 Å². The van der Waals surface area contributed by atoms with Gasteiger partial charge in [-0.05, 0) is 17.1 Å². The smallest absolute Gasteiger partial charge is 0.0756 e. The second kappa shape index (κ2) is 10.7. The van der Waals surface area contributed by atoms with Crippen molar-refractivity contribution in [2.45, 2.75) is 0 Å². The number of rotatable bonds is 2. The first-order valence-electron chi connectivity index (χ1n) is 10.4. The van der Waals surface area contributed by atoms with Gasteiger partial charge in [0, 0.05) is 43.3 Å². The van der Waals surface area contributed by atoms with E-state index in [0.29, 0.717) is 0 Å². The van der Waals surface area contributed by atoms with E-state index in [2.05, 4.69) is 46.4 Å². The summed E-state index contributed by atoms with van der Waals surface area (Å²) in [7, 11) is 0. The minimum Gasteiger partial charge on any atom is -0.305 e. The molecule has 0 aliphatic heterocycles. The molecule has 0 fully saturated rings. The van der Waals surface area contributed by atoms with Crippen molar-refractivity contribution in [3.8, 4) is 22.6 Å². The topological polar surface area (TPSA) is 38.7 Å². The van der Waals surface area contributed by atoms with E-state index >= 15 is 0 Å². The van der Waals surface area contributed by atoms with Gasteiger partial charge in [-0.2, -0.15) is 0 Å². The first-order chi connectivity index (χ1) is 15.9. The van der Waals surface area contributed by atoms with Gasteiger partial charge in [0.2, 0.25) is 0 Å². The molecule has 4 aromatic carbocycles. The van der Waals surface area contributed by atoms with Crippen LogP contribution < -0.4 is 0 Å². The Morgan fingerprint density at radius 1 is 0.576 bits per heavy atom. The van der Waals surface area contributed by atoms with Gasteiger partial charge in [0.1, 0.15) is 0 Å². The van der Waals surface area contributed by atoms with Crippen LogP contribution in [0.15, 0.2) is 116 Å². The summed E-state index contributed by atoms with van der Waals surface area (Å²) in [4.78, 5) is 13.4. The van der Waals surface area contributed by atoms with Crippen molar-refractivity contribution in [3.63, 3.8) is 0 Å². The average Bonchev–Trinajstić information content (AvgIpc) is 2.90. The first-order valence-corrected chi connectivity index (χ1v) is 10.4. The molecule has 0 aliphatic carbocycles. The Kier molecular flexibility index (Phi) is 7.31. The molecule has 2 heterocycles. The fourth-order valence-electron chi connectivity index (χ4n) is 3.50. The van der Waals surface area contributed by atoms with E-state index in [9.17, 15) is 0 Å². The van der Waals surface area contributed by atoms with E-state index in [-0.39, 0.29) is 20.1 Å². The van der Waals surface area contributed by atoms with Crippen molar-refractivity contribution < 1.29 is 20.1 Å². The fraction of sp³-hybridized carbons (Fsp3) is 0. The fourth-order valence-corrected chi connectivity index (χ4v) is 3.50. The van der Waals surface area contributed by atoms with Crippen molar-refractivity contribution in [2.75, 3.05) is 0 Å². The molecule has 1 radical (unpaired) electrons. The Labute approximate surface area is 206 Å². The third kappa shape index (κ3) is 5.20. The summed E-state index contributed by atoms with van der Waals surface area (Å²) in [5.41, 5.74) is 3.92. The minimum atomic E-state index is 0. The largest absolute Gasteiger partial charge is 0.305 e. The quantitative estimate of drug-likeness (QED) is 0.162. The van der Waals surface area contributed by atoms with E-state index in [1.54, 1.807) is 6.20 Å². The summed E-state index contributed by atoms with van der Waals surface area (Å²) in [6.45, 7) is 0. The molecule has 33 heavy (non-hydrogen) atoms. The van der Waals surface area contributed by atoms with E-state index in [0.717, 1.165) is 38.9 Å². The molecule has 6 rings (SSSR count). The number of nitrogens with zero attached hydrogens (tertiary/aromatic N) is 3. The summed E-state index contributed by atoms with van der Waals surface area (Å²) in [6.07, 6.45) is 3.67. The molecule has 161 valence electrons. The van der Waals surface area contributed by atoms with Crippen LogP contribution in [0.2, 0.25) is 0 Å². The summed E-state index contributed by atoms with van der Waals surface area (Å²) >= 11 is 0. The molecule has 6 aromatic rings. The van der Waals surface area contributed by atoms with Gasteiger partial charge in [-0.1, -0.05) is 48.5 Å². The van der Waals surface area contributed by atoms with Crippen molar-refractivity contribution >= 4 is 21.7 Å². The van der Waals surface area contributed by atoms with E-state index in [4.69, 9.17) is 4.98 Å². The summed E-state index contributed by atoms with van der Waals surface area (Å²) in [5.74, 6) is 0.717. The Balaban J connectivity index is 0.000000172. The van der Waals surface area contributed by atoms with Crippen LogP contribution in [0, 0.1) is 12.1 Å². The average molecular weight is 602 g/mol. The second-order valence-electron chi connectivity index (χ2n) is 7.19. The van der Waals surface area contributed by atoms with Gasteiger partial charge in [-0.3, -0.25) is 9.97 Å². The third-order valence-electron chi connectivity index (χ3n) is 5.08. The van der Waals surface area contributed by atoms with Crippen LogP contribution in [0.1, 0.15) is 0 Å². The number of hydrogen-bond acceptors (Lipinski definition) is 3. The van der Waals surface area contributed by atoms with Gasteiger partial charge in [-0.25, -0.2) is 0 Å². The van der Waals surface area contributed by atoms with Crippen LogP contribution in [-0.2, 0) is 20.1 Å². The van der Waals surface area contributed by atoms with Gasteiger partial charge < -0.3 is 4.98 Å². The summed E-state index contributed by atoms with van der Waals surface area (Å²) in [5, 5.41) is 3.41. The van der Waals surface area contributed by atoms with Crippen molar-refractivity contribution in [3.05, 3.63) is 128 Å². The zero-order valence-corrected chi connectivity index (χ0v) is 20.0. The monoisotopic (exact) mass is 602 g/mol. The third-order valence-corrected chi connectivity index (χ3v) is 5.08. The molecule has 0 saturated carbocycles. The van der Waals surface area contributed by atoms with E-state index in [1.807, 2.05) is 85.1 Å². The molecule has 0 amide bonds. The number of hydrogen-bond donors (Lipinski definition) is 0. The Morgan fingerprint density at radius 3 is 2.00 bits per heavy atom. The maximum atomic E-state index is 4.73. The van der Waals surface area contributed by atoms with E-state index < -0.39 is 0 Å². The second-order valence-corrected chi connectivity index (χ2v) is 7.19. The summed E-state index contributed by atoms with van der Waals surface area (Å²) < 4.78 is 0. The van der Waals surface area contributed by atoms with E-state index in [1.165, 1.54) is 5.39 Å². The molecule has 3 nitrogen and oxygen atoms in total. The molecule has 0 bridgehead atoms. The predicted molar refractivity (Wildman–Crippen MR) is 130 cm³/mol. The van der Waals surface area contributed by atoms with Crippen LogP contribution in [-0.4, -0.2) is 15.0 Å². The Hall–Kier alpha value is -3.72. The van der Waals surface area contributed by atoms with Crippen molar-refractivity contribution in [1.29, 1.82) is 0 Å². The molecular formula is C29H19IrN3-2. The summed E-state index contributed by atoms with van der Waals surface area (Å²) in [6, 6.07) is 40.2. The van der Waals surface area contributed by atoms with Crippen molar-refractivity contribution in [1.82, 2.24) is 15.0 Å². The molecule has 2 aromatic heterocycles. The Morgan fingerprint density at radius 2 is 1.27 bits per heavy atom. The van der Waals surface area contributed by atoms with Gasteiger partial charge in [0.25, 0.3) is 0 Å². The van der Waals surface area contributed by atoms with Crippen LogP contribution in [0.3, 0.4) is 0 Å². The minimum absolute atomic E-state index is 0. The van der Waals surface area contributed by atoms with Gasteiger partial charge in [0.05, 0.1) is 11.3 Å². The zero-order valence-electron chi connectivity index (χ0n) is 17.6. The standard InChI is InChI=1S/C18H11N2.C11H8N.Ir/c1-2-7-14(8-3-1)18-19-12-15-11-10-13-6-4-5-9-16(13)17(15)20-18;1-2-6-10(7-3-1)11-8-4-5-9-12-11;/h1-7,9-12H;1-6,8-9H;/q2*-1;. The van der Waals surface area contributed by atoms with Gasteiger partial charge >= 0.3 is 0 Å². The first kappa shape index (κ1) is 22.5.